The van der Waals surface area contributed by atoms with Crippen molar-refractivity contribution in [3.8, 4) is 0 Å². The minimum atomic E-state index is 1.18. The van der Waals surface area contributed by atoms with Gasteiger partial charge in [-0.15, -0.1) is 0 Å². The van der Waals surface area contributed by atoms with Gasteiger partial charge in [0.25, 0.3) is 0 Å². The van der Waals surface area contributed by atoms with Gasteiger partial charge in [0, 0.05) is 42.0 Å². The molecule has 3 aromatic rings. The Labute approximate surface area is 148 Å². The molecule has 0 atom stereocenters. The predicted octanol–water partition coefficient (Wildman–Crippen LogP) is 4.72. The molecule has 0 bridgehead atoms. The quantitative estimate of drug-likeness (QED) is 0.618. The number of aromatic nitrogens is 1. The summed E-state index contributed by atoms with van der Waals surface area (Å²) in [6.07, 6.45) is 10.8. The third-order valence-corrected chi connectivity index (χ3v) is 4.77. The summed E-state index contributed by atoms with van der Waals surface area (Å²) in [6.45, 7) is 0. The van der Waals surface area contributed by atoms with E-state index in [2.05, 4.69) is 115 Å². The largest absolute Gasteiger partial charge is 0.344 e. The lowest BCUT2D eigenvalue weighted by Gasteiger charge is -2.25. The van der Waals surface area contributed by atoms with Gasteiger partial charge in [-0.25, -0.2) is 0 Å². The number of hydrogen-bond donors (Lipinski definition) is 0. The minimum Gasteiger partial charge on any atom is -0.344 e. The molecular formula is C23H21N2+. The Morgan fingerprint density at radius 3 is 2.60 bits per heavy atom. The fraction of sp³-hybridized carbons (Fsp3) is 0.0870. The zero-order valence-electron chi connectivity index (χ0n) is 14.6. The van der Waals surface area contributed by atoms with E-state index in [-0.39, 0.29) is 0 Å². The molecule has 1 aromatic heterocycles. The Kier molecular flexibility index (Phi) is 3.95. The predicted molar refractivity (Wildman–Crippen MR) is 106 cm³/mol. The van der Waals surface area contributed by atoms with Crippen molar-refractivity contribution in [2.24, 2.45) is 7.05 Å². The molecule has 2 aromatic carbocycles. The van der Waals surface area contributed by atoms with E-state index in [0.29, 0.717) is 0 Å². The Hall–Kier alpha value is -3.13. The Morgan fingerprint density at radius 1 is 0.880 bits per heavy atom. The van der Waals surface area contributed by atoms with Crippen molar-refractivity contribution < 1.29 is 4.57 Å². The fourth-order valence-corrected chi connectivity index (χ4v) is 3.30. The van der Waals surface area contributed by atoms with Gasteiger partial charge >= 0.3 is 0 Å². The van der Waals surface area contributed by atoms with Crippen LogP contribution in [-0.2, 0) is 7.05 Å². The van der Waals surface area contributed by atoms with Crippen LogP contribution < -0.4 is 9.47 Å². The van der Waals surface area contributed by atoms with Gasteiger partial charge in [0.05, 0.1) is 0 Å². The number of likely N-dealkylation sites (N-methyl/N-ethyl adjacent to an activating group) is 1. The van der Waals surface area contributed by atoms with Gasteiger partial charge in [0.1, 0.15) is 7.05 Å². The Balaban J connectivity index is 1.63. The second-order valence-corrected chi connectivity index (χ2v) is 6.28. The van der Waals surface area contributed by atoms with Crippen LogP contribution in [0.3, 0.4) is 0 Å². The summed E-state index contributed by atoms with van der Waals surface area (Å²) in [4.78, 5) is 2.22. The van der Waals surface area contributed by atoms with Crippen LogP contribution in [0.4, 0.5) is 5.69 Å². The SMILES string of the molecule is CN1/C(=C/C=C/c2ccc3ccccc3[n+]2C)C=Cc2ccccc21. The monoisotopic (exact) mass is 325 g/mol. The molecule has 0 radical (unpaired) electrons. The normalized spacial score (nSPS) is 15.3. The molecule has 122 valence electrons. The number of para-hydroxylation sites is 2. The van der Waals surface area contributed by atoms with Gasteiger partial charge in [0.15, 0.2) is 0 Å². The number of benzene rings is 2. The van der Waals surface area contributed by atoms with Crippen molar-refractivity contribution in [3.05, 3.63) is 95.8 Å². The summed E-state index contributed by atoms with van der Waals surface area (Å²) in [6, 6.07) is 21.2. The number of fused-ring (bicyclic) bond motifs is 2. The molecule has 25 heavy (non-hydrogen) atoms. The van der Waals surface area contributed by atoms with Crippen molar-refractivity contribution in [2.45, 2.75) is 0 Å². The van der Waals surface area contributed by atoms with E-state index in [1.165, 1.54) is 33.5 Å². The summed E-state index contributed by atoms with van der Waals surface area (Å²) in [7, 11) is 4.22. The third kappa shape index (κ3) is 2.87. The molecule has 0 saturated heterocycles. The lowest BCUT2D eigenvalue weighted by molar-refractivity contribution is -0.646. The maximum Gasteiger partial charge on any atom is 0.212 e. The molecule has 2 nitrogen and oxygen atoms in total. The smallest absolute Gasteiger partial charge is 0.212 e. The van der Waals surface area contributed by atoms with E-state index < -0.39 is 0 Å². The van der Waals surface area contributed by atoms with Crippen LogP contribution in [0.15, 0.2) is 84.6 Å². The standard InChI is InChI=1S/C23H21N2/c1-24-20(16-14-18-8-3-5-12-22(18)24)10-7-11-21-17-15-19-9-4-6-13-23(19)25(21)2/h3-17H,1-2H3/q+1. The lowest BCUT2D eigenvalue weighted by Crippen LogP contribution is -2.32. The molecule has 1 aliphatic heterocycles. The molecule has 0 aliphatic carbocycles. The van der Waals surface area contributed by atoms with E-state index in [1.54, 1.807) is 0 Å². The second kappa shape index (κ2) is 6.40. The van der Waals surface area contributed by atoms with E-state index in [4.69, 9.17) is 0 Å². The lowest BCUT2D eigenvalue weighted by atomic mass is 10.1. The van der Waals surface area contributed by atoms with Crippen LogP contribution >= 0.6 is 0 Å². The van der Waals surface area contributed by atoms with Crippen LogP contribution in [0.2, 0.25) is 0 Å². The van der Waals surface area contributed by atoms with E-state index in [9.17, 15) is 0 Å². The molecule has 0 saturated carbocycles. The number of aryl methyl sites for hydroxylation is 1. The number of nitrogens with zero attached hydrogens (tertiary/aromatic N) is 2. The first kappa shape index (κ1) is 15.4. The topological polar surface area (TPSA) is 7.12 Å². The van der Waals surface area contributed by atoms with Crippen molar-refractivity contribution in [1.29, 1.82) is 0 Å². The first-order chi connectivity index (χ1) is 12.2. The highest BCUT2D eigenvalue weighted by molar-refractivity contribution is 5.77. The zero-order chi connectivity index (χ0) is 17.2. The van der Waals surface area contributed by atoms with Gasteiger partial charge in [-0.05, 0) is 35.9 Å². The molecule has 0 spiro atoms. The van der Waals surface area contributed by atoms with Gasteiger partial charge < -0.3 is 4.90 Å². The molecule has 2 heteroatoms. The maximum atomic E-state index is 2.22. The molecule has 1 aliphatic rings. The number of hydrogen-bond acceptors (Lipinski definition) is 1. The highest BCUT2D eigenvalue weighted by Gasteiger charge is 2.12. The van der Waals surface area contributed by atoms with Crippen molar-refractivity contribution in [1.82, 2.24) is 0 Å². The van der Waals surface area contributed by atoms with Crippen molar-refractivity contribution in [2.75, 3.05) is 11.9 Å². The Bertz CT molecular complexity index is 1030. The molecule has 0 amide bonds. The first-order valence-corrected chi connectivity index (χ1v) is 8.51. The van der Waals surface area contributed by atoms with Gasteiger partial charge in [-0.1, -0.05) is 42.5 Å². The highest BCUT2D eigenvalue weighted by atomic mass is 15.1. The minimum absolute atomic E-state index is 1.18. The van der Waals surface area contributed by atoms with Crippen LogP contribution in [0.1, 0.15) is 11.3 Å². The number of pyridine rings is 1. The molecule has 0 unspecified atom stereocenters. The summed E-state index contributed by atoms with van der Waals surface area (Å²) >= 11 is 0. The third-order valence-electron chi connectivity index (χ3n) is 4.77. The van der Waals surface area contributed by atoms with Crippen LogP contribution in [0.5, 0.6) is 0 Å². The van der Waals surface area contributed by atoms with Gasteiger partial charge in [-0.3, -0.25) is 0 Å². The number of allylic oxidation sites excluding steroid dienone is 3. The molecule has 2 heterocycles. The summed E-state index contributed by atoms with van der Waals surface area (Å²) in [5.41, 5.74) is 6.09. The first-order valence-electron chi connectivity index (χ1n) is 8.51. The molecular weight excluding hydrogens is 304 g/mol. The molecule has 0 fully saturated rings. The summed E-state index contributed by atoms with van der Waals surface area (Å²) in [5.74, 6) is 0. The van der Waals surface area contributed by atoms with Crippen molar-refractivity contribution >= 4 is 28.7 Å². The van der Waals surface area contributed by atoms with E-state index in [1.807, 2.05) is 0 Å². The van der Waals surface area contributed by atoms with E-state index in [0.717, 1.165) is 0 Å². The van der Waals surface area contributed by atoms with E-state index >= 15 is 0 Å². The molecule has 4 rings (SSSR count). The average Bonchev–Trinajstić information content (AvgIpc) is 2.66. The highest BCUT2D eigenvalue weighted by Crippen LogP contribution is 2.29. The average molecular weight is 325 g/mol. The van der Waals surface area contributed by atoms with Crippen LogP contribution in [0.25, 0.3) is 23.1 Å². The van der Waals surface area contributed by atoms with Gasteiger partial charge in [0.2, 0.25) is 11.2 Å². The summed E-state index contributed by atoms with van der Waals surface area (Å²) < 4.78 is 2.22. The Morgan fingerprint density at radius 2 is 1.68 bits per heavy atom. The second-order valence-electron chi connectivity index (χ2n) is 6.28. The maximum absolute atomic E-state index is 2.22. The van der Waals surface area contributed by atoms with Crippen LogP contribution in [0, 0.1) is 0 Å². The zero-order valence-corrected chi connectivity index (χ0v) is 14.6. The molecule has 0 N–H and O–H groups in total. The van der Waals surface area contributed by atoms with Crippen LogP contribution in [-0.4, -0.2) is 7.05 Å². The number of rotatable bonds is 2. The fourth-order valence-electron chi connectivity index (χ4n) is 3.30. The van der Waals surface area contributed by atoms with Crippen molar-refractivity contribution in [3.63, 3.8) is 0 Å². The van der Waals surface area contributed by atoms with Gasteiger partial charge in [-0.2, -0.15) is 4.57 Å². The number of anilines is 1. The summed E-state index contributed by atoms with van der Waals surface area (Å²) in [5, 5.41) is 1.26.